The SMILES string of the molecule is COc1ccccc1NC(=O)COc1ccc(/C=C2\SC(=S)N(c3ccccc3)C2=O)cc1. The topological polar surface area (TPSA) is 67.9 Å². The fraction of sp³-hybridized carbons (Fsp3) is 0.0800. The van der Waals surface area contributed by atoms with Crippen LogP contribution in [0.3, 0.4) is 0 Å². The van der Waals surface area contributed by atoms with Crippen LogP contribution < -0.4 is 19.7 Å². The molecule has 1 aliphatic rings. The molecule has 1 fully saturated rings. The predicted octanol–water partition coefficient (Wildman–Crippen LogP) is 5.12. The average Bonchev–Trinajstić information content (AvgIpc) is 3.12. The van der Waals surface area contributed by atoms with Gasteiger partial charge in [-0.05, 0) is 48.0 Å². The van der Waals surface area contributed by atoms with E-state index >= 15 is 0 Å². The summed E-state index contributed by atoms with van der Waals surface area (Å²) in [6.45, 7) is -0.146. The van der Waals surface area contributed by atoms with Gasteiger partial charge in [-0.1, -0.05) is 66.4 Å². The largest absolute Gasteiger partial charge is 0.495 e. The number of nitrogens with one attached hydrogen (secondary N) is 1. The van der Waals surface area contributed by atoms with E-state index in [4.69, 9.17) is 21.7 Å². The van der Waals surface area contributed by atoms with Crippen LogP contribution in [0.2, 0.25) is 0 Å². The highest BCUT2D eigenvalue weighted by molar-refractivity contribution is 8.27. The lowest BCUT2D eigenvalue weighted by Gasteiger charge is -2.13. The van der Waals surface area contributed by atoms with Crippen molar-refractivity contribution in [1.29, 1.82) is 0 Å². The summed E-state index contributed by atoms with van der Waals surface area (Å²) in [5, 5.41) is 2.76. The van der Waals surface area contributed by atoms with Crippen LogP contribution in [0.1, 0.15) is 5.56 Å². The minimum absolute atomic E-state index is 0.146. The first-order valence-corrected chi connectivity index (χ1v) is 11.3. The van der Waals surface area contributed by atoms with Gasteiger partial charge in [0.1, 0.15) is 11.5 Å². The highest BCUT2D eigenvalue weighted by atomic mass is 32.2. The summed E-state index contributed by atoms with van der Waals surface area (Å²) in [6.07, 6.45) is 1.79. The molecule has 33 heavy (non-hydrogen) atoms. The molecular formula is C25H20N2O4S2. The number of nitrogens with zero attached hydrogens (tertiary/aromatic N) is 1. The van der Waals surface area contributed by atoms with Gasteiger partial charge < -0.3 is 14.8 Å². The van der Waals surface area contributed by atoms with Crippen LogP contribution in [0.25, 0.3) is 6.08 Å². The Morgan fingerprint density at radius 3 is 2.45 bits per heavy atom. The Kier molecular flexibility index (Phi) is 7.07. The number of hydrogen-bond acceptors (Lipinski definition) is 6. The minimum atomic E-state index is -0.298. The lowest BCUT2D eigenvalue weighted by molar-refractivity contribution is -0.118. The molecule has 1 aliphatic heterocycles. The molecule has 0 bridgehead atoms. The van der Waals surface area contributed by atoms with E-state index in [0.29, 0.717) is 26.4 Å². The molecule has 0 saturated carbocycles. The van der Waals surface area contributed by atoms with E-state index in [1.165, 1.54) is 16.7 Å². The van der Waals surface area contributed by atoms with Gasteiger partial charge in [0.15, 0.2) is 10.9 Å². The maximum Gasteiger partial charge on any atom is 0.270 e. The number of para-hydroxylation sites is 3. The fourth-order valence-electron chi connectivity index (χ4n) is 3.16. The van der Waals surface area contributed by atoms with Crippen molar-refractivity contribution in [2.24, 2.45) is 0 Å². The van der Waals surface area contributed by atoms with Crippen LogP contribution in [-0.2, 0) is 9.59 Å². The van der Waals surface area contributed by atoms with Gasteiger partial charge in [-0.15, -0.1) is 0 Å². The number of carbonyl (C=O) groups is 2. The predicted molar refractivity (Wildman–Crippen MR) is 136 cm³/mol. The zero-order chi connectivity index (χ0) is 23.2. The summed E-state index contributed by atoms with van der Waals surface area (Å²) in [6, 6.07) is 23.6. The number of methoxy groups -OCH3 is 1. The molecule has 2 amide bonds. The van der Waals surface area contributed by atoms with Crippen molar-refractivity contribution in [3.63, 3.8) is 0 Å². The molecular weight excluding hydrogens is 456 g/mol. The van der Waals surface area contributed by atoms with Gasteiger partial charge in [0.05, 0.1) is 23.4 Å². The van der Waals surface area contributed by atoms with Gasteiger partial charge in [0.25, 0.3) is 11.8 Å². The van der Waals surface area contributed by atoms with E-state index in [-0.39, 0.29) is 18.4 Å². The molecule has 8 heteroatoms. The summed E-state index contributed by atoms with van der Waals surface area (Å²) in [7, 11) is 1.54. The highest BCUT2D eigenvalue weighted by Gasteiger charge is 2.33. The number of thiocarbonyl (C=S) groups is 1. The second-order valence-electron chi connectivity index (χ2n) is 6.96. The van der Waals surface area contributed by atoms with Crippen molar-refractivity contribution in [2.45, 2.75) is 0 Å². The van der Waals surface area contributed by atoms with Crippen molar-refractivity contribution >= 4 is 57.6 Å². The van der Waals surface area contributed by atoms with Gasteiger partial charge in [-0.25, -0.2) is 0 Å². The Hall–Kier alpha value is -3.62. The number of carbonyl (C=O) groups excluding carboxylic acids is 2. The van der Waals surface area contributed by atoms with Crippen LogP contribution in [0.5, 0.6) is 11.5 Å². The van der Waals surface area contributed by atoms with Gasteiger partial charge in [0.2, 0.25) is 0 Å². The van der Waals surface area contributed by atoms with Crippen LogP contribution in [0.4, 0.5) is 11.4 Å². The van der Waals surface area contributed by atoms with Crippen LogP contribution in [-0.4, -0.2) is 29.9 Å². The third kappa shape index (κ3) is 5.42. The number of amides is 2. The van der Waals surface area contributed by atoms with Gasteiger partial charge >= 0.3 is 0 Å². The normalized spacial score (nSPS) is 14.5. The van der Waals surface area contributed by atoms with E-state index in [0.717, 1.165) is 11.3 Å². The second-order valence-corrected chi connectivity index (χ2v) is 8.63. The van der Waals surface area contributed by atoms with Crippen molar-refractivity contribution in [2.75, 3.05) is 23.9 Å². The Balaban J connectivity index is 1.36. The number of thioether (sulfide) groups is 1. The van der Waals surface area contributed by atoms with Crippen LogP contribution in [0.15, 0.2) is 83.8 Å². The zero-order valence-corrected chi connectivity index (χ0v) is 19.3. The molecule has 166 valence electrons. The lowest BCUT2D eigenvalue weighted by Crippen LogP contribution is -2.27. The van der Waals surface area contributed by atoms with E-state index < -0.39 is 0 Å². The quantitative estimate of drug-likeness (QED) is 0.377. The average molecular weight is 477 g/mol. The molecule has 1 N–H and O–H groups in total. The summed E-state index contributed by atoms with van der Waals surface area (Å²) in [5.74, 6) is 0.671. The highest BCUT2D eigenvalue weighted by Crippen LogP contribution is 2.36. The molecule has 0 atom stereocenters. The van der Waals surface area contributed by atoms with Crippen LogP contribution in [0, 0.1) is 0 Å². The summed E-state index contributed by atoms with van der Waals surface area (Å²) >= 11 is 6.66. The standard InChI is InChI=1S/C25H20N2O4S2/c1-30-21-10-6-5-9-20(21)26-23(28)16-31-19-13-11-17(12-14-19)15-22-24(29)27(25(32)33-22)18-7-3-2-4-8-18/h2-15H,16H2,1H3,(H,26,28)/b22-15-. The lowest BCUT2D eigenvalue weighted by atomic mass is 10.2. The molecule has 0 spiro atoms. The first kappa shape index (κ1) is 22.6. The first-order chi connectivity index (χ1) is 16.0. The maximum atomic E-state index is 12.8. The Morgan fingerprint density at radius 1 is 1.03 bits per heavy atom. The summed E-state index contributed by atoms with van der Waals surface area (Å²) in [4.78, 5) is 27.1. The van der Waals surface area contributed by atoms with E-state index in [1.54, 1.807) is 37.5 Å². The van der Waals surface area contributed by atoms with Gasteiger partial charge in [-0.3, -0.25) is 14.5 Å². The van der Waals surface area contributed by atoms with Crippen molar-refractivity contribution in [3.8, 4) is 11.5 Å². The molecule has 0 aromatic heterocycles. The summed E-state index contributed by atoms with van der Waals surface area (Å²) < 4.78 is 11.3. The third-order valence-electron chi connectivity index (χ3n) is 4.74. The number of benzene rings is 3. The van der Waals surface area contributed by atoms with Gasteiger partial charge in [0, 0.05) is 0 Å². The van der Waals surface area contributed by atoms with E-state index in [2.05, 4.69) is 5.32 Å². The van der Waals surface area contributed by atoms with Crippen molar-refractivity contribution < 1.29 is 19.1 Å². The molecule has 1 heterocycles. The smallest absolute Gasteiger partial charge is 0.270 e. The molecule has 6 nitrogen and oxygen atoms in total. The van der Waals surface area contributed by atoms with Crippen molar-refractivity contribution in [1.82, 2.24) is 0 Å². The molecule has 3 aromatic carbocycles. The minimum Gasteiger partial charge on any atom is -0.495 e. The van der Waals surface area contributed by atoms with Crippen molar-refractivity contribution in [3.05, 3.63) is 89.3 Å². The Labute approximate surface area is 201 Å². The fourth-order valence-corrected chi connectivity index (χ4v) is 4.46. The number of hydrogen-bond donors (Lipinski definition) is 1. The monoisotopic (exact) mass is 476 g/mol. The first-order valence-electron chi connectivity index (χ1n) is 10.0. The van der Waals surface area contributed by atoms with E-state index in [1.807, 2.05) is 54.6 Å². The number of rotatable bonds is 7. The van der Waals surface area contributed by atoms with E-state index in [9.17, 15) is 9.59 Å². The molecule has 0 radical (unpaired) electrons. The number of ether oxygens (including phenoxy) is 2. The van der Waals surface area contributed by atoms with Gasteiger partial charge in [-0.2, -0.15) is 0 Å². The molecule has 3 aromatic rings. The molecule has 0 aliphatic carbocycles. The second kappa shape index (κ2) is 10.3. The Bertz CT molecular complexity index is 1210. The third-order valence-corrected chi connectivity index (χ3v) is 6.04. The Morgan fingerprint density at radius 2 is 1.73 bits per heavy atom. The summed E-state index contributed by atoms with van der Waals surface area (Å²) in [5.41, 5.74) is 2.16. The molecule has 4 rings (SSSR count). The van der Waals surface area contributed by atoms with Crippen LogP contribution >= 0.6 is 24.0 Å². The number of anilines is 2. The maximum absolute atomic E-state index is 12.8. The molecule has 1 saturated heterocycles. The molecule has 0 unspecified atom stereocenters. The zero-order valence-electron chi connectivity index (χ0n) is 17.7.